The molecule has 0 aliphatic carbocycles. The van der Waals surface area contributed by atoms with Crippen LogP contribution >= 0.6 is 11.6 Å². The van der Waals surface area contributed by atoms with Crippen molar-refractivity contribution in [1.82, 2.24) is 15.2 Å². The molecule has 0 bridgehead atoms. The van der Waals surface area contributed by atoms with Gasteiger partial charge in [0.2, 0.25) is 0 Å². The summed E-state index contributed by atoms with van der Waals surface area (Å²) in [5.41, 5.74) is 2.81. The number of para-hydroxylation sites is 1. The van der Waals surface area contributed by atoms with Crippen LogP contribution in [-0.2, 0) is 6.54 Å². The smallest absolute Gasteiger partial charge is 0.251 e. The van der Waals surface area contributed by atoms with E-state index in [0.29, 0.717) is 23.8 Å². The number of carbonyl (C=O) groups excluding carboxylic acids is 1. The molecule has 2 aromatic carbocycles. The molecule has 2 heterocycles. The highest BCUT2D eigenvalue weighted by Gasteiger charge is 2.24. The van der Waals surface area contributed by atoms with E-state index in [9.17, 15) is 4.79 Å². The highest BCUT2D eigenvalue weighted by atomic mass is 35.5. The van der Waals surface area contributed by atoms with E-state index in [4.69, 9.17) is 16.3 Å². The quantitative estimate of drug-likeness (QED) is 0.647. The van der Waals surface area contributed by atoms with Crippen LogP contribution in [0.2, 0.25) is 5.15 Å². The number of amides is 1. The van der Waals surface area contributed by atoms with Crippen molar-refractivity contribution in [3.8, 4) is 5.75 Å². The monoisotopic (exact) mass is 407 g/mol. The third-order valence-electron chi connectivity index (χ3n) is 4.93. The number of carbonyl (C=O) groups is 1. The third-order valence-corrected chi connectivity index (χ3v) is 5.14. The molecular formula is C23H22ClN3O2. The largest absolute Gasteiger partial charge is 0.484 e. The summed E-state index contributed by atoms with van der Waals surface area (Å²) in [7, 11) is 0. The molecule has 0 radical (unpaired) electrons. The number of aromatic nitrogens is 1. The summed E-state index contributed by atoms with van der Waals surface area (Å²) in [5.74, 6) is 0.764. The zero-order valence-corrected chi connectivity index (χ0v) is 16.7. The van der Waals surface area contributed by atoms with Gasteiger partial charge in [0.15, 0.2) is 0 Å². The molecule has 1 N–H and O–H groups in total. The van der Waals surface area contributed by atoms with Gasteiger partial charge >= 0.3 is 0 Å². The van der Waals surface area contributed by atoms with E-state index in [1.54, 1.807) is 12.1 Å². The predicted octanol–water partition coefficient (Wildman–Crippen LogP) is 4.10. The van der Waals surface area contributed by atoms with Gasteiger partial charge in [0.1, 0.15) is 17.0 Å². The van der Waals surface area contributed by atoms with Gasteiger partial charge in [-0.15, -0.1) is 0 Å². The lowest BCUT2D eigenvalue weighted by molar-refractivity contribution is 0.0943. The Bertz CT molecular complexity index is 981. The van der Waals surface area contributed by atoms with Crippen molar-refractivity contribution < 1.29 is 9.53 Å². The van der Waals surface area contributed by atoms with Crippen molar-refractivity contribution in [3.63, 3.8) is 0 Å². The molecule has 0 spiro atoms. The molecule has 3 aromatic rings. The summed E-state index contributed by atoms with van der Waals surface area (Å²) in [6, 6.07) is 21.6. The molecule has 5 nitrogen and oxygen atoms in total. The average molecular weight is 408 g/mol. The highest BCUT2D eigenvalue weighted by Crippen LogP contribution is 2.30. The van der Waals surface area contributed by atoms with Crippen molar-refractivity contribution in [2.45, 2.75) is 12.6 Å². The second kappa shape index (κ2) is 9.07. The number of hydrogen-bond donors (Lipinski definition) is 1. The second-order valence-electron chi connectivity index (χ2n) is 6.98. The van der Waals surface area contributed by atoms with Crippen LogP contribution in [0.4, 0.5) is 0 Å². The molecule has 1 unspecified atom stereocenters. The van der Waals surface area contributed by atoms with E-state index in [1.165, 1.54) is 6.20 Å². The second-order valence-corrected chi connectivity index (χ2v) is 7.37. The molecule has 1 atom stereocenters. The molecular weight excluding hydrogens is 386 g/mol. The normalized spacial score (nSPS) is 16.4. The standard InChI is InChI=1S/C23H22ClN3O2/c24-22-14-18(10-11-25-22)23(28)26-12-13-27-15-19-8-4-5-9-20(19)29-21(16-27)17-6-2-1-3-7-17/h1-11,14,21H,12-13,15-16H2,(H,26,28). The fourth-order valence-electron chi connectivity index (χ4n) is 3.46. The van der Waals surface area contributed by atoms with Crippen LogP contribution in [0, 0.1) is 0 Å². The van der Waals surface area contributed by atoms with Crippen LogP contribution in [-0.4, -0.2) is 35.4 Å². The Labute approximate surface area is 175 Å². The van der Waals surface area contributed by atoms with Crippen LogP contribution in [0.25, 0.3) is 0 Å². The molecule has 1 aliphatic heterocycles. The predicted molar refractivity (Wildman–Crippen MR) is 113 cm³/mol. The number of rotatable bonds is 5. The summed E-state index contributed by atoms with van der Waals surface area (Å²) in [6.45, 7) is 2.76. The minimum atomic E-state index is -0.152. The number of fused-ring (bicyclic) bond motifs is 1. The Hall–Kier alpha value is -2.89. The van der Waals surface area contributed by atoms with E-state index < -0.39 is 0 Å². The Morgan fingerprint density at radius 2 is 1.93 bits per heavy atom. The fourth-order valence-corrected chi connectivity index (χ4v) is 3.64. The average Bonchev–Trinajstić information content (AvgIpc) is 2.93. The Balaban J connectivity index is 1.44. The van der Waals surface area contributed by atoms with Crippen LogP contribution in [0.15, 0.2) is 72.9 Å². The number of hydrogen-bond acceptors (Lipinski definition) is 4. The molecule has 1 amide bonds. The van der Waals surface area contributed by atoms with E-state index in [-0.39, 0.29) is 12.0 Å². The maximum atomic E-state index is 12.3. The molecule has 1 aliphatic rings. The number of pyridine rings is 1. The van der Waals surface area contributed by atoms with Gasteiger partial charge in [-0.3, -0.25) is 9.69 Å². The van der Waals surface area contributed by atoms with Crippen LogP contribution < -0.4 is 10.1 Å². The highest BCUT2D eigenvalue weighted by molar-refractivity contribution is 6.29. The van der Waals surface area contributed by atoms with E-state index in [0.717, 1.165) is 30.0 Å². The number of nitrogens with one attached hydrogen (secondary N) is 1. The van der Waals surface area contributed by atoms with Crippen molar-refractivity contribution >= 4 is 17.5 Å². The van der Waals surface area contributed by atoms with Gasteiger partial charge in [-0.2, -0.15) is 0 Å². The van der Waals surface area contributed by atoms with Crippen LogP contribution in [0.1, 0.15) is 27.6 Å². The van der Waals surface area contributed by atoms with E-state index in [1.807, 2.05) is 36.4 Å². The van der Waals surface area contributed by atoms with Crippen LogP contribution in [0.5, 0.6) is 5.75 Å². The minimum Gasteiger partial charge on any atom is -0.484 e. The maximum Gasteiger partial charge on any atom is 0.251 e. The fraction of sp³-hybridized carbons (Fsp3) is 0.217. The van der Waals surface area contributed by atoms with Crippen molar-refractivity contribution in [2.24, 2.45) is 0 Å². The zero-order valence-electron chi connectivity index (χ0n) is 15.9. The number of benzene rings is 2. The third kappa shape index (κ3) is 4.94. The molecule has 29 heavy (non-hydrogen) atoms. The maximum absolute atomic E-state index is 12.3. The van der Waals surface area contributed by atoms with Crippen LogP contribution in [0.3, 0.4) is 0 Å². The van der Waals surface area contributed by atoms with Crippen molar-refractivity contribution in [1.29, 1.82) is 0 Å². The Morgan fingerprint density at radius 1 is 1.14 bits per heavy atom. The van der Waals surface area contributed by atoms with Gasteiger partial charge in [0.05, 0.1) is 0 Å². The van der Waals surface area contributed by atoms with Gasteiger partial charge in [0, 0.05) is 43.5 Å². The lowest BCUT2D eigenvalue weighted by Gasteiger charge is -2.24. The van der Waals surface area contributed by atoms with E-state index >= 15 is 0 Å². The molecule has 0 saturated heterocycles. The van der Waals surface area contributed by atoms with Gasteiger partial charge < -0.3 is 10.1 Å². The molecule has 1 aromatic heterocycles. The summed E-state index contributed by atoms with van der Waals surface area (Å²) < 4.78 is 6.33. The first kappa shape index (κ1) is 19.4. The molecule has 0 saturated carbocycles. The Kier molecular flexibility index (Phi) is 6.08. The van der Waals surface area contributed by atoms with Crippen molar-refractivity contribution in [3.05, 3.63) is 94.8 Å². The SMILES string of the molecule is O=C(NCCN1Cc2ccccc2OC(c2ccccc2)C1)c1ccnc(Cl)c1. The Morgan fingerprint density at radius 3 is 2.76 bits per heavy atom. The number of halogens is 1. The summed E-state index contributed by atoms with van der Waals surface area (Å²) in [4.78, 5) is 18.6. The van der Waals surface area contributed by atoms with E-state index in [2.05, 4.69) is 33.4 Å². The molecule has 0 fully saturated rings. The topological polar surface area (TPSA) is 54.5 Å². The zero-order chi connectivity index (χ0) is 20.1. The van der Waals surface area contributed by atoms with Crippen molar-refractivity contribution in [2.75, 3.05) is 19.6 Å². The molecule has 148 valence electrons. The summed E-state index contributed by atoms with van der Waals surface area (Å²) >= 11 is 5.87. The summed E-state index contributed by atoms with van der Waals surface area (Å²) in [6.07, 6.45) is 1.47. The lowest BCUT2D eigenvalue weighted by Crippen LogP contribution is -2.36. The number of ether oxygens (including phenoxy) is 1. The number of nitrogens with zero attached hydrogens (tertiary/aromatic N) is 2. The van der Waals surface area contributed by atoms with Gasteiger partial charge in [-0.05, 0) is 23.8 Å². The summed E-state index contributed by atoms with van der Waals surface area (Å²) in [5, 5.41) is 3.27. The first-order chi connectivity index (χ1) is 14.2. The first-order valence-corrected chi connectivity index (χ1v) is 9.98. The molecule has 6 heteroatoms. The molecule has 4 rings (SSSR count). The first-order valence-electron chi connectivity index (χ1n) is 9.60. The van der Waals surface area contributed by atoms with Gasteiger partial charge in [0.25, 0.3) is 5.91 Å². The lowest BCUT2D eigenvalue weighted by atomic mass is 10.1. The minimum absolute atomic E-state index is 0.0606. The van der Waals surface area contributed by atoms with Gasteiger partial charge in [-0.25, -0.2) is 4.98 Å². The van der Waals surface area contributed by atoms with Gasteiger partial charge in [-0.1, -0.05) is 60.1 Å².